The van der Waals surface area contributed by atoms with E-state index < -0.39 is 24.6 Å². The number of hydrogen-bond acceptors (Lipinski definition) is 9. The lowest BCUT2D eigenvalue weighted by atomic mass is 10.00. The molecule has 1 heterocycles. The minimum absolute atomic E-state index is 0.147. The SMILES string of the molecule is Oc1ccc(CCCC[C@H](CCc2ccc(O)c(O)c2)OC2OC[C@@H](O)[C@H](O)[C@H]2O)cc1O. The van der Waals surface area contributed by atoms with Crippen LogP contribution in [-0.2, 0) is 22.3 Å². The maximum absolute atomic E-state index is 10.2. The Morgan fingerprint density at radius 1 is 0.758 bits per heavy atom. The molecule has 1 aliphatic rings. The molecule has 0 amide bonds. The van der Waals surface area contributed by atoms with Crippen molar-refractivity contribution < 1.29 is 45.2 Å². The molecule has 0 aromatic heterocycles. The quantitative estimate of drug-likeness (QED) is 0.205. The van der Waals surface area contributed by atoms with Crippen molar-refractivity contribution >= 4 is 0 Å². The first-order chi connectivity index (χ1) is 15.7. The summed E-state index contributed by atoms with van der Waals surface area (Å²) in [5, 5.41) is 68.0. The smallest absolute Gasteiger partial charge is 0.186 e. The second kappa shape index (κ2) is 11.5. The van der Waals surface area contributed by atoms with Crippen LogP contribution in [-0.4, -0.2) is 73.1 Å². The van der Waals surface area contributed by atoms with E-state index in [2.05, 4.69) is 0 Å². The van der Waals surface area contributed by atoms with Gasteiger partial charge in [-0.1, -0.05) is 18.6 Å². The first kappa shape index (κ1) is 25.1. The van der Waals surface area contributed by atoms with Gasteiger partial charge >= 0.3 is 0 Å². The summed E-state index contributed by atoms with van der Waals surface area (Å²) in [6.07, 6.45) is -1.38. The van der Waals surface area contributed by atoms with Gasteiger partial charge in [-0.15, -0.1) is 0 Å². The maximum atomic E-state index is 10.2. The minimum atomic E-state index is -1.38. The molecule has 1 aliphatic heterocycles. The maximum Gasteiger partial charge on any atom is 0.186 e. The van der Waals surface area contributed by atoms with Gasteiger partial charge in [0.1, 0.15) is 18.3 Å². The Morgan fingerprint density at radius 2 is 1.36 bits per heavy atom. The Hall–Kier alpha value is -2.56. The first-order valence-corrected chi connectivity index (χ1v) is 11.1. The highest BCUT2D eigenvalue weighted by Crippen LogP contribution is 2.28. The van der Waals surface area contributed by atoms with Gasteiger partial charge in [-0.2, -0.15) is 0 Å². The Morgan fingerprint density at radius 3 is 1.97 bits per heavy atom. The van der Waals surface area contributed by atoms with Gasteiger partial charge in [0.2, 0.25) is 0 Å². The van der Waals surface area contributed by atoms with E-state index >= 15 is 0 Å². The highest BCUT2D eigenvalue weighted by Gasteiger charge is 2.39. The van der Waals surface area contributed by atoms with E-state index in [0.717, 1.165) is 24.0 Å². The number of aliphatic hydroxyl groups excluding tert-OH is 3. The highest BCUT2D eigenvalue weighted by molar-refractivity contribution is 5.41. The number of aromatic hydroxyl groups is 4. The third-order valence-corrected chi connectivity index (χ3v) is 5.86. The van der Waals surface area contributed by atoms with Crippen molar-refractivity contribution in [2.75, 3.05) is 6.61 Å². The number of unbranched alkanes of at least 4 members (excludes halogenated alkanes) is 1. The second-order valence-electron chi connectivity index (χ2n) is 8.44. The number of rotatable bonds is 10. The summed E-state index contributed by atoms with van der Waals surface area (Å²) in [7, 11) is 0. The summed E-state index contributed by atoms with van der Waals surface area (Å²) < 4.78 is 11.3. The summed E-state index contributed by atoms with van der Waals surface area (Å²) in [5.41, 5.74) is 1.70. The highest BCUT2D eigenvalue weighted by atomic mass is 16.7. The van der Waals surface area contributed by atoms with Gasteiger partial charge in [-0.3, -0.25) is 0 Å². The molecule has 182 valence electrons. The van der Waals surface area contributed by atoms with Gasteiger partial charge < -0.3 is 45.2 Å². The number of phenols is 4. The van der Waals surface area contributed by atoms with Crippen LogP contribution in [0.15, 0.2) is 36.4 Å². The normalized spacial score (nSPS) is 24.0. The van der Waals surface area contributed by atoms with E-state index in [0.29, 0.717) is 25.7 Å². The number of ether oxygens (including phenoxy) is 2. The lowest BCUT2D eigenvalue weighted by Gasteiger charge is -2.36. The zero-order valence-corrected chi connectivity index (χ0v) is 18.2. The monoisotopic (exact) mass is 464 g/mol. The summed E-state index contributed by atoms with van der Waals surface area (Å²) >= 11 is 0. The van der Waals surface area contributed by atoms with Gasteiger partial charge in [0.15, 0.2) is 29.3 Å². The molecule has 33 heavy (non-hydrogen) atoms. The van der Waals surface area contributed by atoms with Crippen molar-refractivity contribution in [2.24, 2.45) is 0 Å². The fourth-order valence-electron chi connectivity index (χ4n) is 3.85. The van der Waals surface area contributed by atoms with Crippen LogP contribution in [0.4, 0.5) is 0 Å². The van der Waals surface area contributed by atoms with Crippen LogP contribution >= 0.6 is 0 Å². The molecular formula is C24H32O9. The molecule has 2 aromatic carbocycles. The molecule has 2 aromatic rings. The van der Waals surface area contributed by atoms with E-state index in [1.54, 1.807) is 12.1 Å². The zero-order chi connectivity index (χ0) is 24.0. The van der Waals surface area contributed by atoms with Crippen LogP contribution in [0.5, 0.6) is 23.0 Å². The molecule has 7 N–H and O–H groups in total. The standard InChI is InChI=1S/C24H32O9/c25-17-9-6-14(11-19(17)27)3-1-2-4-16(8-5-15-7-10-18(26)20(28)12-15)33-24-23(31)22(30)21(29)13-32-24/h6-7,9-12,16,21-31H,1-5,8,13H2/t16-,21-,22+,23-,24?/m1/s1. The van der Waals surface area contributed by atoms with Crippen LogP contribution in [0.2, 0.25) is 0 Å². The minimum Gasteiger partial charge on any atom is -0.504 e. The van der Waals surface area contributed by atoms with Gasteiger partial charge in [0.25, 0.3) is 0 Å². The summed E-state index contributed by atoms with van der Waals surface area (Å²) in [6.45, 7) is -0.147. The fourth-order valence-corrected chi connectivity index (χ4v) is 3.85. The van der Waals surface area contributed by atoms with Crippen LogP contribution in [0.25, 0.3) is 0 Å². The van der Waals surface area contributed by atoms with Crippen molar-refractivity contribution in [1.82, 2.24) is 0 Å². The molecule has 5 atom stereocenters. The Kier molecular flexibility index (Phi) is 8.76. The Balaban J connectivity index is 1.57. The van der Waals surface area contributed by atoms with E-state index in [9.17, 15) is 35.7 Å². The van der Waals surface area contributed by atoms with Crippen molar-refractivity contribution in [1.29, 1.82) is 0 Å². The summed E-state index contributed by atoms with van der Waals surface area (Å²) in [5.74, 6) is -0.718. The Bertz CT molecular complexity index is 903. The zero-order valence-electron chi connectivity index (χ0n) is 18.2. The van der Waals surface area contributed by atoms with Crippen LogP contribution in [0.3, 0.4) is 0 Å². The van der Waals surface area contributed by atoms with E-state index in [4.69, 9.17) is 9.47 Å². The van der Waals surface area contributed by atoms with E-state index in [1.807, 2.05) is 0 Å². The number of benzene rings is 2. The van der Waals surface area contributed by atoms with Gasteiger partial charge in [-0.05, 0) is 67.5 Å². The molecule has 0 aliphatic carbocycles. The molecule has 0 bridgehead atoms. The third-order valence-electron chi connectivity index (χ3n) is 5.86. The van der Waals surface area contributed by atoms with Gasteiger partial charge in [0, 0.05) is 0 Å². The number of phenolic OH excluding ortho intramolecular Hbond substituents is 4. The summed E-state index contributed by atoms with van der Waals surface area (Å²) in [6, 6.07) is 9.33. The van der Waals surface area contributed by atoms with Crippen molar-refractivity contribution in [3.05, 3.63) is 47.5 Å². The molecule has 0 saturated carbocycles. The Labute approximate surface area is 192 Å². The summed E-state index contributed by atoms with van der Waals surface area (Å²) in [4.78, 5) is 0. The molecular weight excluding hydrogens is 432 g/mol. The molecule has 9 heteroatoms. The van der Waals surface area contributed by atoms with Crippen molar-refractivity contribution in [3.63, 3.8) is 0 Å². The lowest BCUT2D eigenvalue weighted by molar-refractivity contribution is -0.283. The second-order valence-corrected chi connectivity index (χ2v) is 8.44. The van der Waals surface area contributed by atoms with E-state index in [1.165, 1.54) is 24.3 Å². The molecule has 0 radical (unpaired) electrons. The largest absolute Gasteiger partial charge is 0.504 e. The number of aryl methyl sites for hydroxylation is 2. The van der Waals surface area contributed by atoms with Crippen molar-refractivity contribution in [3.8, 4) is 23.0 Å². The average Bonchev–Trinajstić information content (AvgIpc) is 2.79. The van der Waals surface area contributed by atoms with Crippen LogP contribution < -0.4 is 0 Å². The van der Waals surface area contributed by atoms with Crippen molar-refractivity contribution in [2.45, 2.75) is 69.2 Å². The predicted molar refractivity (Wildman–Crippen MR) is 118 cm³/mol. The van der Waals surface area contributed by atoms with Crippen LogP contribution in [0, 0.1) is 0 Å². The molecule has 1 unspecified atom stereocenters. The van der Waals surface area contributed by atoms with Crippen LogP contribution in [0.1, 0.15) is 36.8 Å². The molecule has 1 saturated heterocycles. The average molecular weight is 465 g/mol. The van der Waals surface area contributed by atoms with Gasteiger partial charge in [0.05, 0.1) is 12.7 Å². The molecule has 3 rings (SSSR count). The van der Waals surface area contributed by atoms with E-state index in [-0.39, 0.29) is 35.7 Å². The molecule has 9 nitrogen and oxygen atoms in total. The molecule has 0 spiro atoms. The first-order valence-electron chi connectivity index (χ1n) is 11.1. The van der Waals surface area contributed by atoms with Gasteiger partial charge in [-0.25, -0.2) is 0 Å². The fraction of sp³-hybridized carbons (Fsp3) is 0.500. The number of aliphatic hydroxyl groups is 3. The number of hydrogen-bond donors (Lipinski definition) is 7. The topological polar surface area (TPSA) is 160 Å². The lowest BCUT2D eigenvalue weighted by Crippen LogP contribution is -2.54. The molecule has 1 fully saturated rings. The third kappa shape index (κ3) is 6.96. The predicted octanol–water partition coefficient (Wildman–Crippen LogP) is 1.68.